The number of thiazole rings is 1. The predicted molar refractivity (Wildman–Crippen MR) is 99.1 cm³/mol. The van der Waals surface area contributed by atoms with E-state index in [1.807, 2.05) is 51.1 Å². The number of carboxylic acids is 1. The Hall–Kier alpha value is -2.21. The maximum absolute atomic E-state index is 12.7. The smallest absolute Gasteiger partial charge is 0.305 e. The van der Waals surface area contributed by atoms with Crippen molar-refractivity contribution in [3.8, 4) is 0 Å². The number of carboxylic acid groups (broad SMARTS) is 1. The van der Waals surface area contributed by atoms with Crippen LogP contribution in [-0.4, -0.2) is 27.5 Å². The maximum Gasteiger partial charge on any atom is 0.305 e. The third kappa shape index (κ3) is 4.89. The largest absolute Gasteiger partial charge is 0.481 e. The molecule has 0 radical (unpaired) electrons. The van der Waals surface area contributed by atoms with Gasteiger partial charge in [-0.05, 0) is 25.3 Å². The van der Waals surface area contributed by atoms with Gasteiger partial charge in [0.05, 0.1) is 22.7 Å². The van der Waals surface area contributed by atoms with Crippen LogP contribution in [0.15, 0.2) is 30.3 Å². The van der Waals surface area contributed by atoms with Crippen molar-refractivity contribution in [2.45, 2.75) is 46.1 Å². The maximum atomic E-state index is 12.7. The lowest BCUT2D eigenvalue weighted by atomic mass is 9.85. The van der Waals surface area contributed by atoms with Crippen molar-refractivity contribution in [3.05, 3.63) is 51.5 Å². The van der Waals surface area contributed by atoms with E-state index in [4.69, 9.17) is 5.11 Å². The van der Waals surface area contributed by atoms with Crippen LogP contribution in [-0.2, 0) is 11.2 Å². The monoisotopic (exact) mass is 360 g/mol. The summed E-state index contributed by atoms with van der Waals surface area (Å²) < 4.78 is 0. The molecule has 2 rings (SSSR count). The zero-order valence-electron chi connectivity index (χ0n) is 15.0. The van der Waals surface area contributed by atoms with Crippen LogP contribution in [0, 0.1) is 12.8 Å². The highest BCUT2D eigenvalue weighted by Gasteiger charge is 2.34. The molecule has 0 spiro atoms. The van der Waals surface area contributed by atoms with Gasteiger partial charge in [0.2, 0.25) is 0 Å². The van der Waals surface area contributed by atoms with E-state index in [-0.39, 0.29) is 18.2 Å². The molecule has 0 saturated heterocycles. The number of aliphatic carboxylic acids is 1. The summed E-state index contributed by atoms with van der Waals surface area (Å²) in [5.41, 5.74) is 1.01. The first-order valence-electron chi connectivity index (χ1n) is 8.26. The van der Waals surface area contributed by atoms with E-state index < -0.39 is 11.5 Å². The van der Waals surface area contributed by atoms with Crippen LogP contribution in [0.2, 0.25) is 0 Å². The summed E-state index contributed by atoms with van der Waals surface area (Å²) in [4.78, 5) is 28.9. The van der Waals surface area contributed by atoms with Crippen molar-refractivity contribution in [2.75, 3.05) is 0 Å². The van der Waals surface area contributed by atoms with Crippen LogP contribution in [0.25, 0.3) is 0 Å². The number of hydrogen-bond donors (Lipinski definition) is 2. The average Bonchev–Trinajstić information content (AvgIpc) is 2.88. The number of hydrogen-bond acceptors (Lipinski definition) is 4. The number of amides is 1. The number of carbonyl (C=O) groups is 2. The van der Waals surface area contributed by atoms with Crippen molar-refractivity contribution < 1.29 is 14.7 Å². The molecule has 2 aromatic rings. The van der Waals surface area contributed by atoms with Crippen molar-refractivity contribution in [1.29, 1.82) is 0 Å². The molecular formula is C19H24N2O3S. The van der Waals surface area contributed by atoms with Crippen LogP contribution in [0.5, 0.6) is 0 Å². The number of aryl methyl sites for hydroxylation is 1. The van der Waals surface area contributed by atoms with Crippen LogP contribution in [0.4, 0.5) is 0 Å². The Bertz CT molecular complexity index is 755. The minimum atomic E-state index is -0.928. The first kappa shape index (κ1) is 19.1. The fraction of sp³-hybridized carbons (Fsp3) is 0.421. The summed E-state index contributed by atoms with van der Waals surface area (Å²) in [6.45, 7) is 7.39. The molecule has 0 saturated carbocycles. The molecule has 2 N–H and O–H groups in total. The van der Waals surface area contributed by atoms with E-state index in [0.717, 1.165) is 10.6 Å². The van der Waals surface area contributed by atoms with Crippen molar-refractivity contribution in [1.82, 2.24) is 10.3 Å². The van der Waals surface area contributed by atoms with Gasteiger partial charge in [-0.25, -0.2) is 4.98 Å². The van der Waals surface area contributed by atoms with Gasteiger partial charge in [-0.2, -0.15) is 0 Å². The minimum Gasteiger partial charge on any atom is -0.481 e. The molecule has 1 atom stereocenters. The predicted octanol–water partition coefficient (Wildman–Crippen LogP) is 3.66. The van der Waals surface area contributed by atoms with Crippen molar-refractivity contribution in [2.24, 2.45) is 5.92 Å². The van der Waals surface area contributed by atoms with Gasteiger partial charge >= 0.3 is 5.97 Å². The van der Waals surface area contributed by atoms with Gasteiger partial charge in [0.1, 0.15) is 4.88 Å². The number of nitrogens with zero attached hydrogens (tertiary/aromatic N) is 1. The lowest BCUT2D eigenvalue weighted by Crippen LogP contribution is -2.51. The second-order valence-electron chi connectivity index (χ2n) is 6.78. The highest BCUT2D eigenvalue weighted by molar-refractivity contribution is 7.13. The Morgan fingerprint density at radius 2 is 1.92 bits per heavy atom. The number of nitrogens with one attached hydrogen (secondary N) is 1. The van der Waals surface area contributed by atoms with Crippen LogP contribution in [0.1, 0.15) is 53.1 Å². The fourth-order valence-corrected chi connectivity index (χ4v) is 3.53. The number of carbonyl (C=O) groups excluding carboxylic acids is 1. The summed E-state index contributed by atoms with van der Waals surface area (Å²) in [6.07, 6.45) is 0.557. The van der Waals surface area contributed by atoms with Crippen molar-refractivity contribution >= 4 is 23.2 Å². The summed E-state index contributed by atoms with van der Waals surface area (Å²) in [5.74, 6) is -1.20. The third-order valence-electron chi connectivity index (χ3n) is 4.44. The molecule has 0 aliphatic carbocycles. The number of rotatable bonds is 7. The third-order valence-corrected chi connectivity index (χ3v) is 5.59. The van der Waals surface area contributed by atoms with Crippen LogP contribution in [0.3, 0.4) is 0 Å². The highest BCUT2D eigenvalue weighted by atomic mass is 32.1. The van der Waals surface area contributed by atoms with E-state index in [1.165, 1.54) is 11.3 Å². The molecule has 1 heterocycles. The topological polar surface area (TPSA) is 79.3 Å². The lowest BCUT2D eigenvalue weighted by Gasteiger charge is -2.33. The molecule has 25 heavy (non-hydrogen) atoms. The summed E-state index contributed by atoms with van der Waals surface area (Å²) in [5, 5.41) is 12.9. The molecule has 0 aliphatic heterocycles. The first-order chi connectivity index (χ1) is 11.7. The van der Waals surface area contributed by atoms with Gasteiger partial charge < -0.3 is 10.4 Å². The van der Waals surface area contributed by atoms with E-state index >= 15 is 0 Å². The van der Waals surface area contributed by atoms with E-state index in [1.54, 1.807) is 6.92 Å². The quantitative estimate of drug-likeness (QED) is 0.790. The molecular weight excluding hydrogens is 336 g/mol. The SMILES string of the molecule is Cc1nc(Cc2ccccc2)sc1C(=O)NC(C)(CC(=O)O)C(C)C. The van der Waals surface area contributed by atoms with Crippen LogP contribution < -0.4 is 5.32 Å². The zero-order valence-corrected chi connectivity index (χ0v) is 15.8. The first-order valence-corrected chi connectivity index (χ1v) is 9.07. The molecule has 134 valence electrons. The lowest BCUT2D eigenvalue weighted by molar-refractivity contribution is -0.138. The van der Waals surface area contributed by atoms with Gasteiger partial charge in [0.15, 0.2) is 0 Å². The molecule has 1 aromatic heterocycles. The molecule has 5 nitrogen and oxygen atoms in total. The molecule has 0 bridgehead atoms. The summed E-state index contributed by atoms with van der Waals surface area (Å²) in [6, 6.07) is 9.97. The molecule has 1 amide bonds. The normalized spacial score (nSPS) is 13.5. The Kier molecular flexibility index (Phi) is 5.95. The Morgan fingerprint density at radius 1 is 1.28 bits per heavy atom. The van der Waals surface area contributed by atoms with Gasteiger partial charge in [-0.3, -0.25) is 9.59 Å². The van der Waals surface area contributed by atoms with Gasteiger partial charge in [0, 0.05) is 6.42 Å². The number of benzene rings is 1. The Labute approximate surface area is 152 Å². The average molecular weight is 360 g/mol. The van der Waals surface area contributed by atoms with Gasteiger partial charge in [-0.15, -0.1) is 11.3 Å². The second-order valence-corrected chi connectivity index (χ2v) is 7.86. The fourth-order valence-electron chi connectivity index (χ4n) is 2.53. The Balaban J connectivity index is 2.17. The van der Waals surface area contributed by atoms with Gasteiger partial charge in [0.25, 0.3) is 5.91 Å². The summed E-state index contributed by atoms with van der Waals surface area (Å²) in [7, 11) is 0. The summed E-state index contributed by atoms with van der Waals surface area (Å²) >= 11 is 1.36. The minimum absolute atomic E-state index is 0.00966. The van der Waals surface area contributed by atoms with E-state index in [0.29, 0.717) is 17.0 Å². The molecule has 0 aliphatic rings. The standard InChI is InChI=1S/C19H24N2O3S/c1-12(2)19(4,11-16(22)23)21-18(24)17-13(3)20-15(25-17)10-14-8-6-5-7-9-14/h5-9,12H,10-11H2,1-4H3,(H,21,24)(H,22,23). The second kappa shape index (κ2) is 7.78. The van der Waals surface area contributed by atoms with E-state index in [9.17, 15) is 9.59 Å². The number of aromatic nitrogens is 1. The molecule has 1 aromatic carbocycles. The zero-order chi connectivity index (χ0) is 18.6. The molecule has 1 unspecified atom stereocenters. The Morgan fingerprint density at radius 3 is 2.48 bits per heavy atom. The highest BCUT2D eigenvalue weighted by Crippen LogP contribution is 2.25. The molecule has 6 heteroatoms. The van der Waals surface area contributed by atoms with E-state index in [2.05, 4.69) is 10.3 Å². The van der Waals surface area contributed by atoms with Crippen LogP contribution >= 0.6 is 11.3 Å². The van der Waals surface area contributed by atoms with Gasteiger partial charge in [-0.1, -0.05) is 44.2 Å². The molecule has 0 fully saturated rings. The van der Waals surface area contributed by atoms with Crippen molar-refractivity contribution in [3.63, 3.8) is 0 Å².